The predicted octanol–water partition coefficient (Wildman–Crippen LogP) is 2.39. The van der Waals surface area contributed by atoms with Crippen molar-refractivity contribution in [1.29, 1.82) is 0 Å². The smallest absolute Gasteiger partial charge is 0.104 e. The highest BCUT2D eigenvalue weighted by atomic mass is 16.3. The number of rotatable bonds is 3. The van der Waals surface area contributed by atoms with Crippen molar-refractivity contribution in [2.75, 3.05) is 13.6 Å². The fourth-order valence-corrected chi connectivity index (χ4v) is 2.52. The van der Waals surface area contributed by atoms with Gasteiger partial charge >= 0.3 is 0 Å². The summed E-state index contributed by atoms with van der Waals surface area (Å²) in [6.45, 7) is 7.55. The Bertz CT molecular complexity index is 342. The summed E-state index contributed by atoms with van der Waals surface area (Å²) in [4.78, 5) is 0. The lowest BCUT2D eigenvalue weighted by Gasteiger charge is -2.09. The second-order valence-corrected chi connectivity index (χ2v) is 4.70. The molecule has 0 radical (unpaired) electrons. The van der Waals surface area contributed by atoms with Crippen LogP contribution >= 0.6 is 0 Å². The molecule has 2 atom stereocenters. The minimum absolute atomic E-state index is 0.366. The maximum absolute atomic E-state index is 5.59. The first-order valence-electron chi connectivity index (χ1n) is 5.30. The molecule has 1 aromatic rings. The Labute approximate surface area is 85.7 Å². The van der Waals surface area contributed by atoms with Crippen molar-refractivity contribution in [2.45, 2.75) is 32.6 Å². The second-order valence-electron chi connectivity index (χ2n) is 4.70. The van der Waals surface area contributed by atoms with Gasteiger partial charge in [0.05, 0.1) is 0 Å². The Morgan fingerprint density at radius 1 is 1.57 bits per heavy atom. The van der Waals surface area contributed by atoms with Crippen LogP contribution in [0.15, 0.2) is 10.5 Å². The van der Waals surface area contributed by atoms with Gasteiger partial charge in [-0.25, -0.2) is 0 Å². The zero-order chi connectivity index (χ0) is 10.3. The van der Waals surface area contributed by atoms with E-state index in [9.17, 15) is 0 Å². The molecule has 1 saturated carbocycles. The molecule has 78 valence electrons. The van der Waals surface area contributed by atoms with Gasteiger partial charge in [0.1, 0.15) is 11.5 Å². The first-order valence-corrected chi connectivity index (χ1v) is 5.30. The summed E-state index contributed by atoms with van der Waals surface area (Å²) in [5.74, 6) is 2.92. The summed E-state index contributed by atoms with van der Waals surface area (Å²) in [7, 11) is 2.02. The monoisotopic (exact) mass is 193 g/mol. The average Bonchev–Trinajstić information content (AvgIpc) is 2.60. The van der Waals surface area contributed by atoms with Gasteiger partial charge in [-0.2, -0.15) is 0 Å². The van der Waals surface area contributed by atoms with Gasteiger partial charge in [0.15, 0.2) is 0 Å². The minimum atomic E-state index is 0.366. The number of aryl methyl sites for hydroxylation is 2. The minimum Gasteiger partial charge on any atom is -0.466 e. The normalized spacial score (nSPS) is 30.7. The molecule has 1 N–H and O–H groups in total. The summed E-state index contributed by atoms with van der Waals surface area (Å²) in [5, 5.41) is 3.25. The molecule has 2 unspecified atom stereocenters. The zero-order valence-corrected chi connectivity index (χ0v) is 9.48. The van der Waals surface area contributed by atoms with Crippen molar-refractivity contribution in [3.63, 3.8) is 0 Å². The highest BCUT2D eigenvalue weighted by Gasteiger charge is 2.52. The molecule has 0 amide bonds. The van der Waals surface area contributed by atoms with E-state index in [0.29, 0.717) is 5.41 Å². The molecule has 2 nitrogen and oxygen atoms in total. The van der Waals surface area contributed by atoms with Gasteiger partial charge in [-0.15, -0.1) is 0 Å². The molecule has 14 heavy (non-hydrogen) atoms. The average molecular weight is 193 g/mol. The van der Waals surface area contributed by atoms with Gasteiger partial charge in [0.25, 0.3) is 0 Å². The highest BCUT2D eigenvalue weighted by Crippen LogP contribution is 2.54. The van der Waals surface area contributed by atoms with Crippen LogP contribution in [0.1, 0.15) is 30.4 Å². The van der Waals surface area contributed by atoms with E-state index in [1.54, 1.807) is 0 Å². The Balaban J connectivity index is 2.20. The van der Waals surface area contributed by atoms with Crippen LogP contribution in [0.4, 0.5) is 0 Å². The van der Waals surface area contributed by atoms with Crippen LogP contribution < -0.4 is 5.32 Å². The lowest BCUT2D eigenvalue weighted by Crippen LogP contribution is -2.15. The number of furan rings is 1. The SMILES string of the molecule is CNCC1CC1(C)c1cc(C)oc1C. The zero-order valence-electron chi connectivity index (χ0n) is 9.48. The van der Waals surface area contributed by atoms with Crippen molar-refractivity contribution >= 4 is 0 Å². The summed E-state index contributed by atoms with van der Waals surface area (Å²) >= 11 is 0. The molecule has 1 aliphatic rings. The largest absolute Gasteiger partial charge is 0.466 e. The van der Waals surface area contributed by atoms with Gasteiger partial charge in [-0.1, -0.05) is 6.92 Å². The van der Waals surface area contributed by atoms with Crippen LogP contribution in [0.3, 0.4) is 0 Å². The molecule has 1 fully saturated rings. The van der Waals surface area contributed by atoms with Crippen molar-refractivity contribution in [2.24, 2.45) is 5.92 Å². The molecule has 0 bridgehead atoms. The molecule has 0 aromatic carbocycles. The Kier molecular flexibility index (Phi) is 2.18. The van der Waals surface area contributed by atoms with E-state index in [1.807, 2.05) is 14.0 Å². The van der Waals surface area contributed by atoms with Gasteiger partial charge < -0.3 is 9.73 Å². The van der Waals surface area contributed by atoms with Crippen molar-refractivity contribution in [1.82, 2.24) is 5.32 Å². The van der Waals surface area contributed by atoms with Crippen molar-refractivity contribution in [3.8, 4) is 0 Å². The molecule has 2 rings (SSSR count). The van der Waals surface area contributed by atoms with Crippen LogP contribution in [0.2, 0.25) is 0 Å². The van der Waals surface area contributed by atoms with Gasteiger partial charge in [0, 0.05) is 5.41 Å². The predicted molar refractivity (Wildman–Crippen MR) is 57.6 cm³/mol. The van der Waals surface area contributed by atoms with Gasteiger partial charge in [-0.3, -0.25) is 0 Å². The molecule has 1 aromatic heterocycles. The standard InChI is InChI=1S/C12H19NO/c1-8-5-11(9(2)14-8)12(3)6-10(12)7-13-4/h5,10,13H,6-7H2,1-4H3. The first-order chi connectivity index (χ1) is 6.58. The first kappa shape index (κ1) is 9.78. The summed E-state index contributed by atoms with van der Waals surface area (Å²) in [5.41, 5.74) is 1.78. The second kappa shape index (κ2) is 3.13. The molecule has 0 saturated heterocycles. The molecule has 0 spiro atoms. The Morgan fingerprint density at radius 3 is 2.79 bits per heavy atom. The maximum atomic E-state index is 5.59. The number of hydrogen-bond acceptors (Lipinski definition) is 2. The highest BCUT2D eigenvalue weighted by molar-refractivity contribution is 5.36. The number of nitrogens with one attached hydrogen (secondary N) is 1. The lowest BCUT2D eigenvalue weighted by atomic mass is 9.96. The van der Waals surface area contributed by atoms with Gasteiger partial charge in [0.2, 0.25) is 0 Å². The van der Waals surface area contributed by atoms with Crippen LogP contribution in [0.25, 0.3) is 0 Å². The van der Waals surface area contributed by atoms with E-state index in [-0.39, 0.29) is 0 Å². The molecular formula is C12H19NO. The van der Waals surface area contributed by atoms with E-state index in [2.05, 4.69) is 25.2 Å². The van der Waals surface area contributed by atoms with Crippen LogP contribution in [-0.4, -0.2) is 13.6 Å². The molecule has 1 aliphatic carbocycles. The number of hydrogen-bond donors (Lipinski definition) is 1. The fourth-order valence-electron chi connectivity index (χ4n) is 2.52. The van der Waals surface area contributed by atoms with Crippen molar-refractivity contribution in [3.05, 3.63) is 23.2 Å². The maximum Gasteiger partial charge on any atom is 0.104 e. The topological polar surface area (TPSA) is 25.2 Å². The summed E-state index contributed by atoms with van der Waals surface area (Å²) in [6, 6.07) is 2.20. The molecule has 0 aliphatic heterocycles. The third-order valence-corrected chi connectivity index (χ3v) is 3.52. The summed E-state index contributed by atoms with van der Waals surface area (Å²) in [6.07, 6.45) is 1.29. The van der Waals surface area contributed by atoms with E-state index in [1.165, 1.54) is 12.0 Å². The fraction of sp³-hybridized carbons (Fsp3) is 0.667. The molecule has 2 heteroatoms. The van der Waals surface area contributed by atoms with Crippen LogP contribution in [0.5, 0.6) is 0 Å². The van der Waals surface area contributed by atoms with Crippen LogP contribution in [-0.2, 0) is 5.41 Å². The van der Waals surface area contributed by atoms with E-state index < -0.39 is 0 Å². The van der Waals surface area contributed by atoms with Crippen molar-refractivity contribution < 1.29 is 4.42 Å². The van der Waals surface area contributed by atoms with E-state index in [0.717, 1.165) is 24.0 Å². The lowest BCUT2D eigenvalue weighted by molar-refractivity contribution is 0.494. The van der Waals surface area contributed by atoms with Gasteiger partial charge in [-0.05, 0) is 51.4 Å². The third-order valence-electron chi connectivity index (χ3n) is 3.52. The Hall–Kier alpha value is -0.760. The van der Waals surface area contributed by atoms with Crippen LogP contribution in [0, 0.1) is 19.8 Å². The molecule has 1 heterocycles. The summed E-state index contributed by atoms with van der Waals surface area (Å²) < 4.78 is 5.59. The van der Waals surface area contributed by atoms with E-state index >= 15 is 0 Å². The quantitative estimate of drug-likeness (QED) is 0.797. The van der Waals surface area contributed by atoms with E-state index in [4.69, 9.17) is 4.42 Å². The molecular weight excluding hydrogens is 174 g/mol. The Morgan fingerprint density at radius 2 is 2.29 bits per heavy atom. The third kappa shape index (κ3) is 1.38.